The van der Waals surface area contributed by atoms with Crippen LogP contribution in [0.4, 0.5) is 0 Å². The molecule has 7 heteroatoms. The number of aliphatic hydroxyl groups is 1. The van der Waals surface area contributed by atoms with Gasteiger partial charge in [-0.05, 0) is 41.9 Å². The summed E-state index contributed by atoms with van der Waals surface area (Å²) in [5, 5.41) is 43.3. The molecular formula is C41H43IrN4O2-. The van der Waals surface area contributed by atoms with Crippen molar-refractivity contribution in [2.24, 2.45) is 11.8 Å². The predicted molar refractivity (Wildman–Crippen MR) is 191 cm³/mol. The molecule has 249 valence electrons. The van der Waals surface area contributed by atoms with E-state index in [0.29, 0.717) is 16.6 Å². The predicted octanol–water partition coefficient (Wildman–Crippen LogP) is 10.3. The number of allylic oxidation sites excluding steroid dienone is 2. The first-order chi connectivity index (χ1) is 22.5. The second kappa shape index (κ2) is 16.6. The van der Waals surface area contributed by atoms with Gasteiger partial charge in [-0.15, -0.1) is 34.2 Å². The SMILES string of the molecule is CC(C)(C)c1cc(-c2nnc(C#N)c3c(C#N)c4ccccc4cc23)[c-]c2ccccc12.CCC(CC)C(=O)/C=C(\O)C(CC)CC.[Ir]. The number of aromatic nitrogens is 2. The fraction of sp³-hybridized carbons (Fsp3) is 0.341. The van der Waals surface area contributed by atoms with E-state index in [1.807, 2.05) is 76.2 Å². The van der Waals surface area contributed by atoms with Crippen LogP contribution in [-0.4, -0.2) is 21.1 Å². The Morgan fingerprint density at radius 2 is 1.46 bits per heavy atom. The number of carbonyl (C=O) groups excluding carboxylic acids is 1. The fourth-order valence-electron chi connectivity index (χ4n) is 6.14. The molecule has 4 aromatic carbocycles. The van der Waals surface area contributed by atoms with Gasteiger partial charge >= 0.3 is 0 Å². The first-order valence-corrected chi connectivity index (χ1v) is 16.4. The molecule has 1 radical (unpaired) electrons. The van der Waals surface area contributed by atoms with E-state index in [9.17, 15) is 20.4 Å². The number of rotatable bonds is 8. The van der Waals surface area contributed by atoms with Crippen LogP contribution < -0.4 is 0 Å². The van der Waals surface area contributed by atoms with E-state index in [1.165, 1.54) is 11.6 Å². The van der Waals surface area contributed by atoms with Crippen molar-refractivity contribution < 1.29 is 30.0 Å². The number of fused-ring (bicyclic) bond motifs is 3. The van der Waals surface area contributed by atoms with Crippen LogP contribution >= 0.6 is 0 Å². The second-order valence-electron chi connectivity index (χ2n) is 12.9. The molecule has 5 aromatic rings. The number of aliphatic hydroxyl groups excluding tert-OH is 1. The third kappa shape index (κ3) is 7.99. The Morgan fingerprint density at radius 3 is 2.04 bits per heavy atom. The van der Waals surface area contributed by atoms with Crippen molar-refractivity contribution in [3.63, 3.8) is 0 Å². The molecule has 0 saturated carbocycles. The maximum absolute atomic E-state index is 11.7. The zero-order chi connectivity index (χ0) is 34.3. The van der Waals surface area contributed by atoms with Gasteiger partial charge in [-0.25, -0.2) is 0 Å². The molecule has 0 amide bonds. The van der Waals surface area contributed by atoms with Crippen LogP contribution in [0.25, 0.3) is 43.6 Å². The summed E-state index contributed by atoms with van der Waals surface area (Å²) < 4.78 is 0. The molecule has 0 aliphatic rings. The minimum Gasteiger partial charge on any atom is -0.512 e. The number of nitriles is 2. The topological polar surface area (TPSA) is 111 Å². The average molecular weight is 816 g/mol. The number of hydrogen-bond acceptors (Lipinski definition) is 6. The minimum atomic E-state index is -0.0935. The van der Waals surface area contributed by atoms with E-state index in [2.05, 4.69) is 61.3 Å². The van der Waals surface area contributed by atoms with Gasteiger partial charge in [0.15, 0.2) is 11.5 Å². The molecule has 0 aliphatic heterocycles. The molecule has 0 atom stereocenters. The Hall–Kier alpha value is -4.42. The number of nitrogens with zero attached hydrogens (tertiary/aromatic N) is 4. The first-order valence-electron chi connectivity index (χ1n) is 16.4. The Kier molecular flexibility index (Phi) is 13.2. The molecule has 1 N–H and O–H groups in total. The van der Waals surface area contributed by atoms with Crippen molar-refractivity contribution in [3.8, 4) is 23.4 Å². The van der Waals surface area contributed by atoms with E-state index in [0.717, 1.165) is 58.2 Å². The zero-order valence-corrected chi connectivity index (χ0v) is 31.2. The Balaban J connectivity index is 0.000000334. The number of carbonyl (C=O) groups is 1. The van der Waals surface area contributed by atoms with Crippen LogP contribution in [0, 0.1) is 40.6 Å². The van der Waals surface area contributed by atoms with Crippen LogP contribution in [-0.2, 0) is 30.3 Å². The maximum atomic E-state index is 11.7. The van der Waals surface area contributed by atoms with Crippen LogP contribution in [0.1, 0.15) is 91.0 Å². The fourth-order valence-corrected chi connectivity index (χ4v) is 6.14. The third-order valence-corrected chi connectivity index (χ3v) is 8.93. The molecule has 48 heavy (non-hydrogen) atoms. The summed E-state index contributed by atoms with van der Waals surface area (Å²) in [6.07, 6.45) is 4.91. The van der Waals surface area contributed by atoms with Gasteiger partial charge in [0.05, 0.1) is 11.3 Å². The van der Waals surface area contributed by atoms with Crippen LogP contribution in [0.3, 0.4) is 0 Å². The van der Waals surface area contributed by atoms with E-state index < -0.39 is 0 Å². The standard InChI is InChI=1S/C28H19N4.C13H24O2.Ir/c1-28(2,3)24-14-19(12-17-8-5-7-11-21(17)24)27-22-13-18-9-4-6-10-20(18)23(15-29)26(22)25(16-30)31-32-27;1-5-10(6-2)12(14)9-13(15)11(7-3)8-4;/h4-11,13-14H,1-3H3;9-11,14H,5-8H2,1-4H3;/q-1;;/b;12-9-;. The van der Waals surface area contributed by atoms with Gasteiger partial charge in [0, 0.05) is 54.5 Å². The molecule has 1 aromatic heterocycles. The second-order valence-corrected chi connectivity index (χ2v) is 12.9. The van der Waals surface area contributed by atoms with Gasteiger partial charge < -0.3 is 5.11 Å². The third-order valence-electron chi connectivity index (χ3n) is 8.93. The molecule has 0 aliphatic carbocycles. The number of ketones is 1. The van der Waals surface area contributed by atoms with E-state index in [4.69, 9.17) is 0 Å². The molecule has 5 rings (SSSR count). The van der Waals surface area contributed by atoms with E-state index in [1.54, 1.807) is 0 Å². The van der Waals surface area contributed by atoms with Gasteiger partial charge in [-0.3, -0.25) is 4.79 Å². The Bertz CT molecular complexity index is 2040. The minimum absolute atomic E-state index is 0. The monoisotopic (exact) mass is 816 g/mol. The van der Waals surface area contributed by atoms with Gasteiger partial charge in [0.1, 0.15) is 12.1 Å². The number of hydrogen-bond donors (Lipinski definition) is 1. The van der Waals surface area contributed by atoms with E-state index >= 15 is 0 Å². The molecule has 0 spiro atoms. The molecule has 6 nitrogen and oxygen atoms in total. The molecule has 0 unspecified atom stereocenters. The van der Waals surface area contributed by atoms with Crippen molar-refractivity contribution in [1.82, 2.24) is 10.2 Å². The molecule has 0 fully saturated rings. The Morgan fingerprint density at radius 1 is 0.854 bits per heavy atom. The van der Waals surface area contributed by atoms with Crippen molar-refractivity contribution in [3.05, 3.63) is 95.4 Å². The summed E-state index contributed by atoms with van der Waals surface area (Å²) >= 11 is 0. The Labute approximate surface area is 297 Å². The average Bonchev–Trinajstić information content (AvgIpc) is 3.07. The quantitative estimate of drug-likeness (QED) is 0.0723. The summed E-state index contributed by atoms with van der Waals surface area (Å²) in [6.45, 7) is 14.6. The zero-order valence-electron chi connectivity index (χ0n) is 28.8. The summed E-state index contributed by atoms with van der Waals surface area (Å²) in [5.41, 5.74) is 3.12. The summed E-state index contributed by atoms with van der Waals surface area (Å²) in [5.74, 6) is 0.547. The largest absolute Gasteiger partial charge is 0.512 e. The van der Waals surface area contributed by atoms with Gasteiger partial charge in [0.2, 0.25) is 0 Å². The van der Waals surface area contributed by atoms with E-state index in [-0.39, 0.29) is 54.6 Å². The first kappa shape index (κ1) is 38.0. The summed E-state index contributed by atoms with van der Waals surface area (Å²) in [4.78, 5) is 11.7. The molecular weight excluding hydrogens is 773 g/mol. The summed E-state index contributed by atoms with van der Waals surface area (Å²) in [7, 11) is 0. The summed E-state index contributed by atoms with van der Waals surface area (Å²) in [6, 6.07) is 27.9. The van der Waals surface area contributed by atoms with Crippen LogP contribution in [0.5, 0.6) is 0 Å². The van der Waals surface area contributed by atoms with Gasteiger partial charge in [-0.2, -0.15) is 15.6 Å². The molecule has 1 heterocycles. The number of benzene rings is 4. The van der Waals surface area contributed by atoms with Gasteiger partial charge in [-0.1, -0.05) is 108 Å². The van der Waals surface area contributed by atoms with Gasteiger partial charge in [0.25, 0.3) is 0 Å². The molecule has 0 saturated heterocycles. The molecule has 0 bridgehead atoms. The van der Waals surface area contributed by atoms with Crippen LogP contribution in [0.15, 0.2) is 72.5 Å². The van der Waals surface area contributed by atoms with Crippen molar-refractivity contribution in [2.75, 3.05) is 0 Å². The maximum Gasteiger partial charge on any atom is 0.170 e. The van der Waals surface area contributed by atoms with Crippen LogP contribution in [0.2, 0.25) is 0 Å². The van der Waals surface area contributed by atoms with Crippen molar-refractivity contribution in [1.29, 1.82) is 10.5 Å². The normalized spacial score (nSPS) is 11.6. The smallest absolute Gasteiger partial charge is 0.170 e. The van der Waals surface area contributed by atoms with Crippen molar-refractivity contribution >= 4 is 38.1 Å². The van der Waals surface area contributed by atoms with Crippen molar-refractivity contribution in [2.45, 2.75) is 79.6 Å².